The summed E-state index contributed by atoms with van der Waals surface area (Å²) in [5, 5.41) is 10.7. The molecule has 0 saturated carbocycles. The van der Waals surface area contributed by atoms with E-state index in [1.165, 1.54) is 263 Å². The minimum Gasteiger partial charge on any atom is -0.462 e. The van der Waals surface area contributed by atoms with Crippen LogP contribution < -0.4 is 0 Å². The summed E-state index contributed by atoms with van der Waals surface area (Å²) in [6.45, 7) is 9.62. The van der Waals surface area contributed by atoms with Gasteiger partial charge in [0.1, 0.15) is 19.3 Å². The normalized spacial score (nSPS) is 13.8. The van der Waals surface area contributed by atoms with Crippen molar-refractivity contribution in [3.05, 3.63) is 0 Å². The number of esters is 4. The molecule has 0 bridgehead atoms. The second-order valence-corrected chi connectivity index (χ2v) is 34.4. The van der Waals surface area contributed by atoms with Crippen LogP contribution in [0.4, 0.5) is 0 Å². The Labute approximate surface area is 638 Å². The van der Waals surface area contributed by atoms with Crippen LogP contribution >= 0.6 is 15.6 Å². The van der Waals surface area contributed by atoms with Gasteiger partial charge in [0.2, 0.25) is 0 Å². The molecule has 2 unspecified atom stereocenters. The molecule has 0 fully saturated rings. The quantitative estimate of drug-likeness (QED) is 0.0222. The van der Waals surface area contributed by atoms with Crippen LogP contribution in [0, 0.1) is 11.8 Å². The first-order valence-electron chi connectivity index (χ1n) is 44.0. The first-order chi connectivity index (χ1) is 50.4. The first-order valence-corrected chi connectivity index (χ1v) is 47.0. The highest BCUT2D eigenvalue weighted by Crippen LogP contribution is 2.45. The molecule has 5 atom stereocenters. The van der Waals surface area contributed by atoms with Gasteiger partial charge in [-0.25, -0.2) is 9.13 Å². The van der Waals surface area contributed by atoms with Gasteiger partial charge in [-0.15, -0.1) is 0 Å². The van der Waals surface area contributed by atoms with Crippen molar-refractivity contribution in [1.82, 2.24) is 0 Å². The lowest BCUT2D eigenvalue weighted by atomic mass is 10.0. The summed E-state index contributed by atoms with van der Waals surface area (Å²) in [5.74, 6) is -0.605. The highest BCUT2D eigenvalue weighted by Gasteiger charge is 2.30. The highest BCUT2D eigenvalue weighted by molar-refractivity contribution is 7.47. The van der Waals surface area contributed by atoms with E-state index < -0.39 is 97.5 Å². The van der Waals surface area contributed by atoms with E-state index in [0.29, 0.717) is 31.6 Å². The Kier molecular flexibility index (Phi) is 75.0. The van der Waals surface area contributed by atoms with Crippen molar-refractivity contribution in [2.24, 2.45) is 11.8 Å². The van der Waals surface area contributed by atoms with Crippen LogP contribution in [0.25, 0.3) is 0 Å². The van der Waals surface area contributed by atoms with Crippen molar-refractivity contribution < 1.29 is 80.2 Å². The van der Waals surface area contributed by atoms with Crippen molar-refractivity contribution in [2.45, 2.75) is 471 Å². The molecule has 0 aliphatic heterocycles. The standard InChI is InChI=1S/C85H166O17P2/c1-7-9-11-13-15-17-19-21-23-24-25-29-33-36-40-44-48-55-61-67-82(87)95-73-80(101-84(89)69-64-58-50-46-42-38-34-30-27-26-28-32-35-39-43-47-53-59-65-77(3)4)75-99-103(91,92)97-71-79(86)72-98-104(93,94)100-76-81(74-96-83(88)68-62-56-52-51-54-60-66-78(5)6)102-85(90)70-63-57-49-45-41-37-31-22-20-18-16-14-12-10-8-2/h77-81,86H,7-76H2,1-6H3,(H,91,92)(H,93,94)/t79-,80-,81-/m1/s1. The van der Waals surface area contributed by atoms with Crippen LogP contribution in [0.5, 0.6) is 0 Å². The summed E-state index contributed by atoms with van der Waals surface area (Å²) >= 11 is 0. The SMILES string of the molecule is CCCCCCCCCCCCCCCCCCCCCC(=O)OC[C@H](COP(=O)(O)OC[C@@H](O)COP(=O)(O)OC[C@@H](COC(=O)CCCCCCCCC(C)C)OC(=O)CCCCCCCCCCCCCCCCC)OC(=O)CCCCCCCCCCCCCCCCCCCCC(C)C. The topological polar surface area (TPSA) is 237 Å². The fourth-order valence-corrected chi connectivity index (χ4v) is 14.8. The summed E-state index contributed by atoms with van der Waals surface area (Å²) in [6.07, 6.45) is 68.3. The molecule has 0 aromatic carbocycles. The number of rotatable bonds is 84. The highest BCUT2D eigenvalue weighted by atomic mass is 31.2. The predicted molar refractivity (Wildman–Crippen MR) is 428 cm³/mol. The first kappa shape index (κ1) is 102. The van der Waals surface area contributed by atoms with Gasteiger partial charge >= 0.3 is 39.5 Å². The van der Waals surface area contributed by atoms with Gasteiger partial charge in [-0.3, -0.25) is 37.3 Å². The summed E-state index contributed by atoms with van der Waals surface area (Å²) in [4.78, 5) is 73.1. The number of carbonyl (C=O) groups excluding carboxylic acids is 4. The summed E-state index contributed by atoms with van der Waals surface area (Å²) in [7, 11) is -9.92. The molecule has 0 amide bonds. The average Bonchev–Trinajstić information content (AvgIpc) is 0.950. The van der Waals surface area contributed by atoms with Crippen molar-refractivity contribution in [2.75, 3.05) is 39.6 Å². The molecular formula is C85H166O17P2. The fraction of sp³-hybridized carbons (Fsp3) is 0.953. The van der Waals surface area contributed by atoms with Crippen LogP contribution in [-0.2, 0) is 65.4 Å². The zero-order valence-electron chi connectivity index (χ0n) is 68.3. The second-order valence-electron chi connectivity index (χ2n) is 31.5. The molecule has 0 aromatic rings. The summed E-state index contributed by atoms with van der Waals surface area (Å²) in [6, 6.07) is 0. The Morgan fingerprint density at radius 1 is 0.260 bits per heavy atom. The molecule has 17 nitrogen and oxygen atoms in total. The molecule has 0 spiro atoms. The van der Waals surface area contributed by atoms with Crippen LogP contribution in [0.15, 0.2) is 0 Å². The molecule has 0 aliphatic carbocycles. The molecule has 0 heterocycles. The van der Waals surface area contributed by atoms with E-state index >= 15 is 0 Å². The zero-order chi connectivity index (χ0) is 76.4. The smallest absolute Gasteiger partial charge is 0.462 e. The third-order valence-electron chi connectivity index (χ3n) is 20.0. The predicted octanol–water partition coefficient (Wildman–Crippen LogP) is 25.8. The van der Waals surface area contributed by atoms with Gasteiger partial charge in [0.15, 0.2) is 12.2 Å². The molecule has 104 heavy (non-hydrogen) atoms. The Morgan fingerprint density at radius 3 is 0.654 bits per heavy atom. The molecule has 0 rings (SSSR count). The second kappa shape index (κ2) is 76.4. The van der Waals surface area contributed by atoms with Gasteiger partial charge in [-0.1, -0.05) is 401 Å². The number of aliphatic hydroxyl groups excluding tert-OH is 1. The third-order valence-corrected chi connectivity index (χ3v) is 21.9. The van der Waals surface area contributed by atoms with Crippen molar-refractivity contribution in [1.29, 1.82) is 0 Å². The van der Waals surface area contributed by atoms with E-state index in [2.05, 4.69) is 41.5 Å². The van der Waals surface area contributed by atoms with E-state index in [1.54, 1.807) is 0 Å². The number of hydrogen-bond donors (Lipinski definition) is 3. The van der Waals surface area contributed by atoms with Crippen LogP contribution in [0.3, 0.4) is 0 Å². The lowest BCUT2D eigenvalue weighted by molar-refractivity contribution is -0.161. The lowest BCUT2D eigenvalue weighted by Gasteiger charge is -2.21. The number of unbranched alkanes of at least 4 members (excludes halogenated alkanes) is 54. The van der Waals surface area contributed by atoms with E-state index in [4.69, 9.17) is 37.0 Å². The minimum absolute atomic E-state index is 0.107. The number of carbonyl (C=O) groups is 4. The average molecular weight is 1520 g/mol. The zero-order valence-corrected chi connectivity index (χ0v) is 70.1. The maximum atomic E-state index is 13.1. The molecule has 3 N–H and O–H groups in total. The van der Waals surface area contributed by atoms with Crippen molar-refractivity contribution in [3.8, 4) is 0 Å². The van der Waals surface area contributed by atoms with Gasteiger partial charge < -0.3 is 33.8 Å². The molecule has 0 radical (unpaired) electrons. The number of phosphoric ester groups is 2. The van der Waals surface area contributed by atoms with E-state index in [1.807, 2.05) is 0 Å². The number of phosphoric acid groups is 2. The number of aliphatic hydroxyl groups is 1. The molecule has 19 heteroatoms. The van der Waals surface area contributed by atoms with E-state index in [-0.39, 0.29) is 25.7 Å². The Morgan fingerprint density at radius 2 is 0.442 bits per heavy atom. The lowest BCUT2D eigenvalue weighted by Crippen LogP contribution is -2.30. The molecular weight excluding hydrogens is 1350 g/mol. The maximum Gasteiger partial charge on any atom is 0.472 e. The number of hydrogen-bond acceptors (Lipinski definition) is 15. The monoisotopic (exact) mass is 1520 g/mol. The largest absolute Gasteiger partial charge is 0.472 e. The summed E-state index contributed by atoms with van der Waals surface area (Å²) in [5.41, 5.74) is 0. The van der Waals surface area contributed by atoms with Crippen molar-refractivity contribution in [3.63, 3.8) is 0 Å². The van der Waals surface area contributed by atoms with Gasteiger partial charge in [-0.05, 0) is 37.5 Å². The molecule has 0 aliphatic rings. The van der Waals surface area contributed by atoms with Gasteiger partial charge in [0, 0.05) is 25.7 Å². The van der Waals surface area contributed by atoms with Gasteiger partial charge in [0.05, 0.1) is 26.4 Å². The van der Waals surface area contributed by atoms with Crippen LogP contribution in [0.2, 0.25) is 0 Å². The van der Waals surface area contributed by atoms with Gasteiger partial charge in [-0.2, -0.15) is 0 Å². The molecule has 0 aromatic heterocycles. The number of ether oxygens (including phenoxy) is 4. The van der Waals surface area contributed by atoms with Gasteiger partial charge in [0.25, 0.3) is 0 Å². The van der Waals surface area contributed by atoms with E-state index in [9.17, 15) is 43.2 Å². The van der Waals surface area contributed by atoms with Crippen LogP contribution in [0.1, 0.15) is 452 Å². The van der Waals surface area contributed by atoms with E-state index in [0.717, 1.165) is 102 Å². The Hall–Kier alpha value is -1.94. The third kappa shape index (κ3) is 78.2. The summed E-state index contributed by atoms with van der Waals surface area (Å²) < 4.78 is 68.8. The fourth-order valence-electron chi connectivity index (χ4n) is 13.2. The Balaban J connectivity index is 5.21. The van der Waals surface area contributed by atoms with Crippen molar-refractivity contribution >= 4 is 39.5 Å². The minimum atomic E-state index is -4.96. The van der Waals surface area contributed by atoms with Crippen LogP contribution in [-0.4, -0.2) is 96.7 Å². The Bertz CT molecular complexity index is 1990. The molecule has 618 valence electrons. The maximum absolute atomic E-state index is 13.1. The molecule has 0 saturated heterocycles.